The number of ether oxygens (including phenoxy) is 3. The van der Waals surface area contributed by atoms with Gasteiger partial charge >= 0.3 is 0 Å². The van der Waals surface area contributed by atoms with Crippen molar-refractivity contribution in [2.75, 3.05) is 25.2 Å². The van der Waals surface area contributed by atoms with Gasteiger partial charge in [0.15, 0.2) is 17.6 Å². The third-order valence-corrected chi connectivity index (χ3v) is 4.68. The maximum atomic E-state index is 12.5. The lowest BCUT2D eigenvalue weighted by atomic mass is 10.1. The number of hydrazine groups is 1. The molecule has 3 rings (SSSR count). The van der Waals surface area contributed by atoms with E-state index < -0.39 is 17.9 Å². The first-order valence-electron chi connectivity index (χ1n) is 9.91. The molecule has 1 atom stereocenters. The first-order valence-corrected chi connectivity index (χ1v) is 9.91. The number of nitrogens with zero attached hydrogens (tertiary/aromatic N) is 1. The van der Waals surface area contributed by atoms with E-state index in [0.717, 1.165) is 0 Å². The predicted octanol–water partition coefficient (Wildman–Crippen LogP) is 2.06. The molecule has 0 spiro atoms. The number of anilines is 1. The van der Waals surface area contributed by atoms with E-state index in [-0.39, 0.29) is 18.9 Å². The Morgan fingerprint density at radius 3 is 2.65 bits per heavy atom. The molecular formula is C22H25N3O6. The second kappa shape index (κ2) is 9.84. The molecule has 1 heterocycles. The lowest BCUT2D eigenvalue weighted by Crippen LogP contribution is -2.47. The van der Waals surface area contributed by atoms with Gasteiger partial charge < -0.3 is 19.1 Å². The number of hydrogen-bond acceptors (Lipinski definition) is 6. The van der Waals surface area contributed by atoms with E-state index in [1.54, 1.807) is 37.3 Å². The van der Waals surface area contributed by atoms with Crippen molar-refractivity contribution < 1.29 is 28.6 Å². The Balaban J connectivity index is 1.56. The molecule has 2 aromatic rings. The molecule has 9 heteroatoms. The number of rotatable bonds is 7. The summed E-state index contributed by atoms with van der Waals surface area (Å²) in [6, 6.07) is 11.9. The van der Waals surface area contributed by atoms with Crippen LogP contribution in [-0.2, 0) is 9.59 Å². The number of methoxy groups -OCH3 is 1. The number of carbonyl (C=O) groups is 3. The summed E-state index contributed by atoms with van der Waals surface area (Å²) in [5, 5.41) is 0. The normalized spacial score (nSPS) is 14.9. The average molecular weight is 427 g/mol. The topological polar surface area (TPSA) is 106 Å². The van der Waals surface area contributed by atoms with Crippen molar-refractivity contribution in [3.63, 3.8) is 0 Å². The minimum absolute atomic E-state index is 0.000324. The highest BCUT2D eigenvalue weighted by molar-refractivity contribution is 6.00. The maximum absolute atomic E-state index is 12.5. The second-order valence-electron chi connectivity index (χ2n) is 6.77. The van der Waals surface area contributed by atoms with Crippen LogP contribution < -0.4 is 30.0 Å². The second-order valence-corrected chi connectivity index (χ2v) is 6.77. The fraction of sp³-hybridized carbons (Fsp3) is 0.318. The minimum atomic E-state index is -0.632. The standard InChI is InChI=1S/C22H25N3O6/c1-4-30-18-10-9-15(13-19(18)29-3)21(27)24-23-20(26)11-12-25-16-7-5-6-8-17(16)31-14(2)22(25)28/h5-10,13-14H,4,11-12H2,1-3H3,(H,23,26)(H,24,27). The van der Waals surface area contributed by atoms with Gasteiger partial charge in [-0.3, -0.25) is 25.2 Å². The first-order chi connectivity index (χ1) is 14.9. The van der Waals surface area contributed by atoms with Crippen LogP contribution in [-0.4, -0.2) is 44.1 Å². The van der Waals surface area contributed by atoms with Crippen LogP contribution in [0.4, 0.5) is 5.69 Å². The summed E-state index contributed by atoms with van der Waals surface area (Å²) in [5.74, 6) is 0.367. The third-order valence-electron chi connectivity index (χ3n) is 4.68. The van der Waals surface area contributed by atoms with Gasteiger partial charge in [-0.1, -0.05) is 12.1 Å². The van der Waals surface area contributed by atoms with Crippen molar-refractivity contribution >= 4 is 23.4 Å². The molecule has 1 aliphatic heterocycles. The number of nitrogens with one attached hydrogen (secondary N) is 2. The van der Waals surface area contributed by atoms with Gasteiger partial charge in [0.25, 0.3) is 11.8 Å². The Kier molecular flexibility index (Phi) is 6.96. The molecule has 2 N–H and O–H groups in total. The molecule has 1 unspecified atom stereocenters. The van der Waals surface area contributed by atoms with E-state index >= 15 is 0 Å². The maximum Gasteiger partial charge on any atom is 0.269 e. The number of fused-ring (bicyclic) bond motifs is 1. The number of benzene rings is 2. The summed E-state index contributed by atoms with van der Waals surface area (Å²) in [6.07, 6.45) is -0.632. The van der Waals surface area contributed by atoms with E-state index in [9.17, 15) is 14.4 Å². The molecule has 0 aliphatic carbocycles. The molecule has 0 saturated carbocycles. The predicted molar refractivity (Wildman–Crippen MR) is 113 cm³/mol. The quantitative estimate of drug-likeness (QED) is 0.655. The molecule has 3 amide bonds. The molecule has 164 valence electrons. The molecule has 1 aliphatic rings. The fourth-order valence-corrected chi connectivity index (χ4v) is 3.15. The monoisotopic (exact) mass is 427 g/mol. The van der Waals surface area contributed by atoms with Crippen LogP contribution in [0.3, 0.4) is 0 Å². The van der Waals surface area contributed by atoms with E-state index in [1.807, 2.05) is 13.0 Å². The van der Waals surface area contributed by atoms with Crippen molar-refractivity contribution in [1.29, 1.82) is 0 Å². The van der Waals surface area contributed by atoms with Gasteiger partial charge in [-0.2, -0.15) is 0 Å². The summed E-state index contributed by atoms with van der Waals surface area (Å²) < 4.78 is 16.2. The third kappa shape index (κ3) is 5.06. The van der Waals surface area contributed by atoms with Crippen LogP contribution in [0.15, 0.2) is 42.5 Å². The number of para-hydroxylation sites is 2. The molecule has 9 nitrogen and oxygen atoms in total. The number of amides is 3. The van der Waals surface area contributed by atoms with Crippen LogP contribution in [0.1, 0.15) is 30.6 Å². The Bertz CT molecular complexity index is 977. The van der Waals surface area contributed by atoms with E-state index in [0.29, 0.717) is 35.1 Å². The number of hydrogen-bond donors (Lipinski definition) is 2. The molecule has 2 aromatic carbocycles. The Morgan fingerprint density at radius 1 is 1.13 bits per heavy atom. The summed E-state index contributed by atoms with van der Waals surface area (Å²) in [6.45, 7) is 4.13. The molecule has 0 saturated heterocycles. The minimum Gasteiger partial charge on any atom is -0.493 e. The zero-order valence-electron chi connectivity index (χ0n) is 17.6. The van der Waals surface area contributed by atoms with E-state index in [1.165, 1.54) is 18.1 Å². The molecule has 0 bridgehead atoms. The highest BCUT2D eigenvalue weighted by atomic mass is 16.5. The van der Waals surface area contributed by atoms with Gasteiger partial charge in [-0.25, -0.2) is 0 Å². The zero-order chi connectivity index (χ0) is 22.4. The molecule has 31 heavy (non-hydrogen) atoms. The van der Waals surface area contributed by atoms with Crippen molar-refractivity contribution in [1.82, 2.24) is 10.9 Å². The van der Waals surface area contributed by atoms with Crippen molar-refractivity contribution in [3.05, 3.63) is 48.0 Å². The first kappa shape index (κ1) is 21.9. The summed E-state index contributed by atoms with van der Waals surface area (Å²) in [7, 11) is 1.48. The van der Waals surface area contributed by atoms with E-state index in [2.05, 4.69) is 10.9 Å². The summed E-state index contributed by atoms with van der Waals surface area (Å²) in [4.78, 5) is 38.6. The Morgan fingerprint density at radius 2 is 1.90 bits per heavy atom. The largest absolute Gasteiger partial charge is 0.493 e. The van der Waals surface area contributed by atoms with Crippen molar-refractivity contribution in [2.24, 2.45) is 0 Å². The Labute approximate surface area is 180 Å². The van der Waals surface area contributed by atoms with Crippen molar-refractivity contribution in [3.8, 4) is 17.2 Å². The van der Waals surface area contributed by atoms with Crippen LogP contribution in [0.5, 0.6) is 17.2 Å². The van der Waals surface area contributed by atoms with Crippen molar-refractivity contribution in [2.45, 2.75) is 26.4 Å². The van der Waals surface area contributed by atoms with Gasteiger partial charge in [0.1, 0.15) is 5.75 Å². The molecule has 0 aromatic heterocycles. The van der Waals surface area contributed by atoms with Crippen LogP contribution in [0, 0.1) is 0 Å². The molecule has 0 radical (unpaired) electrons. The van der Waals surface area contributed by atoms with Crippen LogP contribution >= 0.6 is 0 Å². The smallest absolute Gasteiger partial charge is 0.269 e. The van der Waals surface area contributed by atoms with Crippen LogP contribution in [0.2, 0.25) is 0 Å². The SMILES string of the molecule is CCOc1ccc(C(=O)NNC(=O)CCN2C(=O)C(C)Oc3ccccc32)cc1OC. The number of carbonyl (C=O) groups excluding carboxylic acids is 3. The average Bonchev–Trinajstić information content (AvgIpc) is 2.78. The summed E-state index contributed by atoms with van der Waals surface area (Å²) in [5.41, 5.74) is 5.65. The Hall–Kier alpha value is -3.75. The van der Waals surface area contributed by atoms with E-state index in [4.69, 9.17) is 14.2 Å². The zero-order valence-corrected chi connectivity index (χ0v) is 17.6. The van der Waals surface area contributed by atoms with Gasteiger partial charge in [-0.05, 0) is 44.2 Å². The molecular weight excluding hydrogens is 402 g/mol. The lowest BCUT2D eigenvalue weighted by molar-refractivity contribution is -0.125. The lowest BCUT2D eigenvalue weighted by Gasteiger charge is -2.32. The highest BCUT2D eigenvalue weighted by Crippen LogP contribution is 2.33. The van der Waals surface area contributed by atoms with Gasteiger partial charge in [-0.15, -0.1) is 0 Å². The van der Waals surface area contributed by atoms with Crippen LogP contribution in [0.25, 0.3) is 0 Å². The molecule has 0 fully saturated rings. The van der Waals surface area contributed by atoms with Gasteiger partial charge in [0, 0.05) is 18.5 Å². The van der Waals surface area contributed by atoms with Gasteiger partial charge in [0.05, 0.1) is 19.4 Å². The highest BCUT2D eigenvalue weighted by Gasteiger charge is 2.31. The van der Waals surface area contributed by atoms with Gasteiger partial charge in [0.2, 0.25) is 5.91 Å². The summed E-state index contributed by atoms with van der Waals surface area (Å²) >= 11 is 0. The fourth-order valence-electron chi connectivity index (χ4n) is 3.15.